The van der Waals surface area contributed by atoms with Crippen LogP contribution in [0.4, 0.5) is 0 Å². The second-order valence-electron chi connectivity index (χ2n) is 7.23. The highest BCUT2D eigenvalue weighted by Gasteiger charge is 2.49. The summed E-state index contributed by atoms with van der Waals surface area (Å²) in [5.41, 5.74) is 0.826. The van der Waals surface area contributed by atoms with Crippen molar-refractivity contribution in [2.45, 2.75) is 51.4 Å². The molecular weight excluding hydrogens is 359 g/mol. The number of hydrogen-bond donors (Lipinski definition) is 0. The molecule has 0 saturated heterocycles. The molecule has 0 aromatic heterocycles. The summed E-state index contributed by atoms with van der Waals surface area (Å²) in [5, 5.41) is -0.183. The van der Waals surface area contributed by atoms with Gasteiger partial charge < -0.3 is 18.2 Å². The maximum atomic E-state index is 12.9. The van der Waals surface area contributed by atoms with Crippen molar-refractivity contribution in [1.29, 1.82) is 0 Å². The van der Waals surface area contributed by atoms with Crippen LogP contribution in [-0.2, 0) is 34.2 Å². The van der Waals surface area contributed by atoms with Gasteiger partial charge in [-0.15, -0.1) is 0 Å². The molecule has 1 aromatic rings. The van der Waals surface area contributed by atoms with Gasteiger partial charge in [-0.05, 0) is 23.7 Å². The molecule has 142 valence electrons. The van der Waals surface area contributed by atoms with Crippen LogP contribution >= 0.6 is 7.60 Å². The molecule has 0 aliphatic carbocycles. The molecule has 1 aromatic carbocycles. The zero-order valence-electron chi connectivity index (χ0n) is 16.1. The van der Waals surface area contributed by atoms with Gasteiger partial charge in [0, 0.05) is 14.2 Å². The van der Waals surface area contributed by atoms with Gasteiger partial charge in [0.1, 0.15) is 6.61 Å². The second kappa shape index (κ2) is 8.60. The summed E-state index contributed by atoms with van der Waals surface area (Å²) < 4.78 is 34.3. The summed E-state index contributed by atoms with van der Waals surface area (Å²) >= 11 is 0. The monoisotopic (exact) mass is 388 g/mol. The third kappa shape index (κ3) is 5.76. The van der Waals surface area contributed by atoms with Crippen LogP contribution in [0, 0.1) is 0 Å². The van der Waals surface area contributed by atoms with Gasteiger partial charge in [-0.1, -0.05) is 51.1 Å². The van der Waals surface area contributed by atoms with E-state index in [0.29, 0.717) is 0 Å². The highest BCUT2D eigenvalue weighted by Crippen LogP contribution is 2.54. The quantitative estimate of drug-likeness (QED) is 0.369. The van der Waals surface area contributed by atoms with Crippen LogP contribution in [-0.4, -0.2) is 34.4 Å². The first kappa shape index (κ1) is 22.1. The number of ether oxygens (including phenoxy) is 1. The molecule has 0 fully saturated rings. The fourth-order valence-electron chi connectivity index (χ4n) is 1.76. The number of esters is 1. The zero-order chi connectivity index (χ0) is 19.3. The first-order chi connectivity index (χ1) is 11.5. The predicted molar refractivity (Wildman–Crippen MR) is 99.9 cm³/mol. The van der Waals surface area contributed by atoms with Crippen LogP contribution < -0.4 is 0 Å². The first-order valence-electron chi connectivity index (χ1n) is 8.06. The Morgan fingerprint density at radius 2 is 1.64 bits per heavy atom. The van der Waals surface area contributed by atoms with E-state index in [9.17, 15) is 9.36 Å². The largest absolute Gasteiger partial charge is 0.458 e. The van der Waals surface area contributed by atoms with E-state index in [4.69, 9.17) is 18.2 Å². The summed E-state index contributed by atoms with van der Waals surface area (Å²) in [6.07, 6.45) is 0. The Balaban J connectivity index is 3.02. The van der Waals surface area contributed by atoms with Gasteiger partial charge in [-0.2, -0.15) is 0 Å². The molecule has 0 heterocycles. The van der Waals surface area contributed by atoms with E-state index in [1.165, 1.54) is 14.2 Å². The van der Waals surface area contributed by atoms with Gasteiger partial charge >= 0.3 is 13.6 Å². The normalized spacial score (nSPS) is 14.2. The maximum absolute atomic E-state index is 12.9. The van der Waals surface area contributed by atoms with E-state index >= 15 is 0 Å². The Hall–Kier alpha value is -0.983. The fraction of sp³-hybridized carbons (Fsp3) is 0.588. The zero-order valence-corrected chi connectivity index (χ0v) is 18.0. The summed E-state index contributed by atoms with van der Waals surface area (Å²) in [7, 11) is -3.75. The fourth-order valence-corrected chi connectivity index (χ4v) is 4.94. The van der Waals surface area contributed by atoms with Crippen molar-refractivity contribution in [1.82, 2.24) is 0 Å². The van der Waals surface area contributed by atoms with E-state index in [-0.39, 0.29) is 11.6 Å². The Kier molecular flexibility index (Phi) is 7.59. The lowest BCUT2D eigenvalue weighted by molar-refractivity contribution is -0.150. The number of rotatable bonds is 8. The molecule has 8 heteroatoms. The molecule has 1 rings (SSSR count). The molecule has 0 saturated carbocycles. The third-order valence-electron chi connectivity index (χ3n) is 4.43. The molecule has 25 heavy (non-hydrogen) atoms. The third-order valence-corrected chi connectivity index (χ3v) is 11.0. The van der Waals surface area contributed by atoms with Crippen LogP contribution in [0.5, 0.6) is 0 Å². The molecule has 0 aliphatic rings. The standard InChI is InChI=1S/C17H29O6PSi/c1-17(2,3)25(6,7)23-16(24(19,20-4)21-5)15(18)22-13-14-11-9-8-10-12-14/h8-12,16H,13H2,1-7H3. The Bertz CT molecular complexity index is 603. The molecule has 6 nitrogen and oxygen atoms in total. The van der Waals surface area contributed by atoms with Crippen LogP contribution in [0.2, 0.25) is 18.1 Å². The summed E-state index contributed by atoms with van der Waals surface area (Å²) in [4.78, 5) is 12.6. The number of carbonyl (C=O) groups is 1. The van der Waals surface area contributed by atoms with E-state index in [2.05, 4.69) is 0 Å². The van der Waals surface area contributed by atoms with Crippen LogP contribution in [0.15, 0.2) is 30.3 Å². The smallest absolute Gasteiger partial charge is 0.369 e. The van der Waals surface area contributed by atoms with Crippen molar-refractivity contribution in [3.63, 3.8) is 0 Å². The second-order valence-corrected chi connectivity index (χ2v) is 14.3. The maximum Gasteiger partial charge on any atom is 0.369 e. The van der Waals surface area contributed by atoms with Gasteiger partial charge in [0.25, 0.3) is 0 Å². The van der Waals surface area contributed by atoms with Crippen LogP contribution in [0.3, 0.4) is 0 Å². The molecule has 0 aliphatic heterocycles. The topological polar surface area (TPSA) is 71.1 Å². The summed E-state index contributed by atoms with van der Waals surface area (Å²) in [5.74, 6) is -2.16. The minimum absolute atomic E-state index is 0.0600. The molecule has 0 radical (unpaired) electrons. The van der Waals surface area contributed by atoms with Crippen molar-refractivity contribution in [3.8, 4) is 0 Å². The average Bonchev–Trinajstić information content (AvgIpc) is 2.57. The summed E-state index contributed by atoms with van der Waals surface area (Å²) in [6.45, 7) is 10.0. The molecular formula is C17H29O6PSi. The Morgan fingerprint density at radius 3 is 2.08 bits per heavy atom. The highest BCUT2D eigenvalue weighted by atomic mass is 31.2. The summed E-state index contributed by atoms with van der Waals surface area (Å²) in [6, 6.07) is 9.25. The molecule has 1 atom stereocenters. The average molecular weight is 388 g/mol. The van der Waals surface area contributed by atoms with Gasteiger partial charge in [0.05, 0.1) is 0 Å². The van der Waals surface area contributed by atoms with E-state index in [0.717, 1.165) is 5.56 Å². The van der Waals surface area contributed by atoms with Gasteiger partial charge in [0.2, 0.25) is 5.85 Å². The minimum Gasteiger partial charge on any atom is -0.458 e. The lowest BCUT2D eigenvalue weighted by atomic mass is 10.2. The molecule has 1 unspecified atom stereocenters. The van der Waals surface area contributed by atoms with Gasteiger partial charge in [0.15, 0.2) is 8.32 Å². The molecule has 0 spiro atoms. The lowest BCUT2D eigenvalue weighted by Crippen LogP contribution is -2.46. The van der Waals surface area contributed by atoms with Crippen LogP contribution in [0.25, 0.3) is 0 Å². The molecule has 0 amide bonds. The predicted octanol–water partition coefficient (Wildman–Crippen LogP) is 4.56. The Morgan fingerprint density at radius 1 is 1.12 bits per heavy atom. The van der Waals surface area contributed by atoms with E-state index < -0.39 is 27.7 Å². The lowest BCUT2D eigenvalue weighted by Gasteiger charge is -2.39. The minimum atomic E-state index is -3.80. The number of carbonyl (C=O) groups excluding carboxylic acids is 1. The molecule has 0 N–H and O–H groups in total. The van der Waals surface area contributed by atoms with Gasteiger partial charge in [-0.3, -0.25) is 4.57 Å². The highest BCUT2D eigenvalue weighted by molar-refractivity contribution is 7.55. The van der Waals surface area contributed by atoms with Gasteiger partial charge in [-0.25, -0.2) is 4.79 Å². The number of hydrogen-bond acceptors (Lipinski definition) is 6. The SMILES string of the molecule is COP(=O)(OC)C(O[Si](C)(C)C(C)(C)C)C(=O)OCc1ccccc1. The van der Waals surface area contributed by atoms with E-state index in [1.807, 2.05) is 64.2 Å². The van der Waals surface area contributed by atoms with Crippen molar-refractivity contribution in [2.24, 2.45) is 0 Å². The van der Waals surface area contributed by atoms with Crippen molar-refractivity contribution in [2.75, 3.05) is 14.2 Å². The van der Waals surface area contributed by atoms with Crippen molar-refractivity contribution < 1.29 is 27.6 Å². The van der Waals surface area contributed by atoms with Crippen molar-refractivity contribution >= 4 is 21.9 Å². The first-order valence-corrected chi connectivity index (χ1v) is 12.6. The van der Waals surface area contributed by atoms with E-state index in [1.54, 1.807) is 0 Å². The number of benzene rings is 1. The molecule has 0 bridgehead atoms. The van der Waals surface area contributed by atoms with Crippen LogP contribution in [0.1, 0.15) is 26.3 Å². The Labute approximate surface area is 151 Å². The van der Waals surface area contributed by atoms with Crippen molar-refractivity contribution in [3.05, 3.63) is 35.9 Å².